The molecule has 1 unspecified atom stereocenters. The summed E-state index contributed by atoms with van der Waals surface area (Å²) in [4.78, 5) is 0. The van der Waals surface area contributed by atoms with Crippen molar-refractivity contribution in [3.63, 3.8) is 0 Å². The summed E-state index contributed by atoms with van der Waals surface area (Å²) in [6, 6.07) is 5.90. The van der Waals surface area contributed by atoms with Gasteiger partial charge >= 0.3 is 0 Å². The molecule has 0 fully saturated rings. The van der Waals surface area contributed by atoms with Crippen molar-refractivity contribution in [2.24, 2.45) is 17.3 Å². The Morgan fingerprint density at radius 1 is 1.10 bits per heavy atom. The molecule has 3 heteroatoms. The molecule has 20 heavy (non-hydrogen) atoms. The lowest BCUT2D eigenvalue weighted by Crippen LogP contribution is -2.35. The van der Waals surface area contributed by atoms with Crippen LogP contribution in [0.5, 0.6) is 0 Å². The Labute approximate surface area is 134 Å². The van der Waals surface area contributed by atoms with Crippen LogP contribution in [0.15, 0.2) is 18.2 Å². The quantitative estimate of drug-likeness (QED) is 0.736. The van der Waals surface area contributed by atoms with E-state index in [1.165, 1.54) is 0 Å². The first-order valence-corrected chi connectivity index (χ1v) is 8.11. The van der Waals surface area contributed by atoms with E-state index in [1.807, 2.05) is 12.1 Å². The number of nitrogens with one attached hydrogen (secondary N) is 1. The molecule has 0 bridgehead atoms. The lowest BCUT2D eigenvalue weighted by atomic mass is 9.77. The molecular weight excluding hydrogens is 289 g/mol. The standard InChI is InChI=1S/C17H27Cl2N/c1-12(2)10-20-11-14(17(3,4)5)9-13-7-6-8-15(18)16(13)19/h6-8,12,14,20H,9-11H2,1-5H3. The molecule has 1 atom stereocenters. The van der Waals surface area contributed by atoms with Gasteiger partial charge < -0.3 is 5.32 Å². The Morgan fingerprint density at radius 2 is 1.75 bits per heavy atom. The van der Waals surface area contributed by atoms with E-state index in [9.17, 15) is 0 Å². The number of rotatable bonds is 6. The third kappa shape index (κ3) is 5.63. The van der Waals surface area contributed by atoms with E-state index in [4.69, 9.17) is 23.2 Å². The van der Waals surface area contributed by atoms with Gasteiger partial charge in [-0.25, -0.2) is 0 Å². The third-order valence-electron chi connectivity index (χ3n) is 3.67. The van der Waals surface area contributed by atoms with Crippen LogP contribution >= 0.6 is 23.2 Å². The molecule has 1 aromatic rings. The van der Waals surface area contributed by atoms with E-state index >= 15 is 0 Å². The summed E-state index contributed by atoms with van der Waals surface area (Å²) in [5.74, 6) is 1.20. The van der Waals surface area contributed by atoms with E-state index in [2.05, 4.69) is 46.0 Å². The van der Waals surface area contributed by atoms with Crippen LogP contribution in [0.4, 0.5) is 0 Å². The average molecular weight is 316 g/mol. The van der Waals surface area contributed by atoms with Gasteiger partial charge in [-0.05, 0) is 48.4 Å². The zero-order valence-corrected chi connectivity index (χ0v) is 14.8. The molecule has 0 aliphatic rings. The molecule has 0 saturated heterocycles. The van der Waals surface area contributed by atoms with Crippen LogP contribution in [0.1, 0.15) is 40.2 Å². The highest BCUT2D eigenvalue weighted by Gasteiger charge is 2.25. The number of halogens is 2. The maximum atomic E-state index is 6.32. The van der Waals surface area contributed by atoms with Gasteiger partial charge in [-0.2, -0.15) is 0 Å². The molecule has 0 spiro atoms. The molecule has 0 amide bonds. The average Bonchev–Trinajstić information content (AvgIpc) is 2.31. The second-order valence-electron chi connectivity index (χ2n) is 7.03. The Balaban J connectivity index is 2.77. The molecule has 0 radical (unpaired) electrons. The van der Waals surface area contributed by atoms with Crippen molar-refractivity contribution in [1.82, 2.24) is 5.32 Å². The highest BCUT2D eigenvalue weighted by atomic mass is 35.5. The highest BCUT2D eigenvalue weighted by molar-refractivity contribution is 6.42. The molecule has 1 nitrogen and oxygen atoms in total. The predicted molar refractivity (Wildman–Crippen MR) is 90.8 cm³/mol. The van der Waals surface area contributed by atoms with Crippen LogP contribution in [0, 0.1) is 17.3 Å². The second kappa shape index (κ2) is 7.68. The molecule has 0 saturated carbocycles. The van der Waals surface area contributed by atoms with E-state index < -0.39 is 0 Å². The van der Waals surface area contributed by atoms with Crippen molar-refractivity contribution in [1.29, 1.82) is 0 Å². The van der Waals surface area contributed by atoms with Crippen molar-refractivity contribution in [3.05, 3.63) is 33.8 Å². The fraction of sp³-hybridized carbons (Fsp3) is 0.647. The Bertz CT molecular complexity index is 421. The summed E-state index contributed by atoms with van der Waals surface area (Å²) in [7, 11) is 0. The minimum absolute atomic E-state index is 0.232. The maximum absolute atomic E-state index is 6.32. The van der Waals surface area contributed by atoms with Crippen LogP contribution in [-0.4, -0.2) is 13.1 Å². The van der Waals surface area contributed by atoms with E-state index in [-0.39, 0.29) is 5.41 Å². The van der Waals surface area contributed by atoms with Gasteiger partial charge in [0.05, 0.1) is 10.0 Å². The number of hydrogen-bond acceptors (Lipinski definition) is 1. The monoisotopic (exact) mass is 315 g/mol. The summed E-state index contributed by atoms with van der Waals surface area (Å²) >= 11 is 12.4. The van der Waals surface area contributed by atoms with Crippen LogP contribution in [-0.2, 0) is 6.42 Å². The summed E-state index contributed by atoms with van der Waals surface area (Å²) in [6.07, 6.45) is 0.952. The van der Waals surface area contributed by atoms with Crippen molar-refractivity contribution in [3.8, 4) is 0 Å². The molecule has 0 heterocycles. The zero-order valence-electron chi connectivity index (χ0n) is 13.3. The van der Waals surface area contributed by atoms with Crippen molar-refractivity contribution >= 4 is 23.2 Å². The van der Waals surface area contributed by atoms with Crippen LogP contribution < -0.4 is 5.32 Å². The zero-order chi connectivity index (χ0) is 15.3. The van der Waals surface area contributed by atoms with Gasteiger partial charge in [0.1, 0.15) is 0 Å². The lowest BCUT2D eigenvalue weighted by Gasteiger charge is -2.32. The predicted octanol–water partition coefficient (Wildman–Crippen LogP) is 5.44. The number of benzene rings is 1. The van der Waals surface area contributed by atoms with Gasteiger partial charge in [0, 0.05) is 0 Å². The molecule has 1 rings (SSSR count). The first-order chi connectivity index (χ1) is 9.21. The fourth-order valence-corrected chi connectivity index (χ4v) is 2.60. The highest BCUT2D eigenvalue weighted by Crippen LogP contribution is 2.33. The molecule has 0 aliphatic carbocycles. The Hall–Kier alpha value is -0.240. The molecule has 114 valence electrons. The van der Waals surface area contributed by atoms with Crippen molar-refractivity contribution < 1.29 is 0 Å². The first-order valence-electron chi connectivity index (χ1n) is 7.35. The topological polar surface area (TPSA) is 12.0 Å². The molecule has 0 aliphatic heterocycles. The van der Waals surface area contributed by atoms with Crippen molar-refractivity contribution in [2.45, 2.75) is 41.0 Å². The Morgan fingerprint density at radius 3 is 2.30 bits per heavy atom. The smallest absolute Gasteiger partial charge is 0.0624 e. The van der Waals surface area contributed by atoms with Crippen LogP contribution in [0.2, 0.25) is 10.0 Å². The molecule has 0 aromatic heterocycles. The van der Waals surface area contributed by atoms with Crippen molar-refractivity contribution in [2.75, 3.05) is 13.1 Å². The van der Waals surface area contributed by atoms with Crippen LogP contribution in [0.25, 0.3) is 0 Å². The van der Waals surface area contributed by atoms with Gasteiger partial charge in [0.2, 0.25) is 0 Å². The van der Waals surface area contributed by atoms with Gasteiger partial charge in [-0.3, -0.25) is 0 Å². The van der Waals surface area contributed by atoms with Gasteiger partial charge in [0.15, 0.2) is 0 Å². The van der Waals surface area contributed by atoms with E-state index in [0.29, 0.717) is 21.9 Å². The molecule has 1 N–H and O–H groups in total. The summed E-state index contributed by atoms with van der Waals surface area (Å²) in [6.45, 7) is 13.4. The summed E-state index contributed by atoms with van der Waals surface area (Å²) in [5.41, 5.74) is 1.38. The van der Waals surface area contributed by atoms with Gasteiger partial charge in [-0.1, -0.05) is 70.0 Å². The minimum Gasteiger partial charge on any atom is -0.316 e. The summed E-state index contributed by atoms with van der Waals surface area (Å²) in [5, 5.41) is 4.92. The normalized spacial score (nSPS) is 13.8. The SMILES string of the molecule is CC(C)CNCC(Cc1cccc(Cl)c1Cl)C(C)(C)C. The first kappa shape index (κ1) is 17.8. The van der Waals surface area contributed by atoms with Gasteiger partial charge in [-0.15, -0.1) is 0 Å². The minimum atomic E-state index is 0.232. The van der Waals surface area contributed by atoms with E-state index in [1.54, 1.807) is 0 Å². The van der Waals surface area contributed by atoms with Crippen LogP contribution in [0.3, 0.4) is 0 Å². The lowest BCUT2D eigenvalue weighted by molar-refractivity contribution is 0.228. The second-order valence-corrected chi connectivity index (χ2v) is 7.82. The summed E-state index contributed by atoms with van der Waals surface area (Å²) < 4.78 is 0. The van der Waals surface area contributed by atoms with Gasteiger partial charge in [0.25, 0.3) is 0 Å². The third-order valence-corrected chi connectivity index (χ3v) is 4.52. The van der Waals surface area contributed by atoms with E-state index in [0.717, 1.165) is 25.1 Å². The molecular formula is C17H27Cl2N. The number of hydrogen-bond donors (Lipinski definition) is 1. The maximum Gasteiger partial charge on any atom is 0.0624 e. The molecule has 1 aromatic carbocycles. The largest absolute Gasteiger partial charge is 0.316 e. The Kier molecular flexibility index (Phi) is 6.84. The fourth-order valence-electron chi connectivity index (χ4n) is 2.20.